The fraction of sp³-hybridized carbons (Fsp3) is 0.533. The highest BCUT2D eigenvalue weighted by atomic mass is 19.4. The largest absolute Gasteiger partial charge is 0.493 e. The maximum Gasteiger partial charge on any atom is 0.471 e. The van der Waals surface area contributed by atoms with Gasteiger partial charge in [0.1, 0.15) is 0 Å². The van der Waals surface area contributed by atoms with Gasteiger partial charge in [-0.15, -0.1) is 0 Å². The van der Waals surface area contributed by atoms with Gasteiger partial charge >= 0.3 is 12.1 Å². The molecule has 1 aromatic carbocycles. The van der Waals surface area contributed by atoms with E-state index in [4.69, 9.17) is 9.47 Å². The number of likely N-dealkylation sites (tertiary alicyclic amines) is 1. The van der Waals surface area contributed by atoms with Gasteiger partial charge in [-0.25, -0.2) is 0 Å². The fourth-order valence-electron chi connectivity index (χ4n) is 2.76. The number of benzene rings is 1. The van der Waals surface area contributed by atoms with Gasteiger partial charge in [-0.3, -0.25) is 4.79 Å². The smallest absolute Gasteiger partial charge is 0.471 e. The summed E-state index contributed by atoms with van der Waals surface area (Å²) in [7, 11) is 3.01. The summed E-state index contributed by atoms with van der Waals surface area (Å²) < 4.78 is 48.1. The van der Waals surface area contributed by atoms with Crippen LogP contribution >= 0.6 is 0 Å². The summed E-state index contributed by atoms with van der Waals surface area (Å²) in [6.45, 7) is 0.149. The van der Waals surface area contributed by atoms with Crippen LogP contribution in [0, 0.1) is 0 Å². The van der Waals surface area contributed by atoms with E-state index in [0.29, 0.717) is 30.8 Å². The van der Waals surface area contributed by atoms with E-state index in [1.165, 1.54) is 14.2 Å². The minimum Gasteiger partial charge on any atom is -0.493 e. The van der Waals surface area contributed by atoms with Crippen molar-refractivity contribution in [3.05, 3.63) is 23.8 Å². The molecule has 1 aliphatic rings. The van der Waals surface area contributed by atoms with Gasteiger partial charge in [0.05, 0.1) is 14.2 Å². The molecular formula is C15H18F3NO3. The molecule has 0 aliphatic carbocycles. The first kappa shape index (κ1) is 16.5. The van der Waals surface area contributed by atoms with Crippen LogP contribution in [0.4, 0.5) is 13.2 Å². The third-order valence-corrected chi connectivity index (χ3v) is 3.80. The average Bonchev–Trinajstić information content (AvgIpc) is 2.93. The average molecular weight is 317 g/mol. The number of ether oxygens (including phenoxy) is 2. The quantitative estimate of drug-likeness (QED) is 0.857. The van der Waals surface area contributed by atoms with Crippen LogP contribution < -0.4 is 9.47 Å². The lowest BCUT2D eigenvalue weighted by Crippen LogP contribution is -2.44. The molecule has 1 heterocycles. The topological polar surface area (TPSA) is 38.8 Å². The van der Waals surface area contributed by atoms with Crippen molar-refractivity contribution in [2.45, 2.75) is 31.5 Å². The molecule has 122 valence electrons. The monoisotopic (exact) mass is 317 g/mol. The van der Waals surface area contributed by atoms with Crippen molar-refractivity contribution in [2.75, 3.05) is 20.8 Å². The number of alkyl halides is 3. The van der Waals surface area contributed by atoms with E-state index >= 15 is 0 Å². The third-order valence-electron chi connectivity index (χ3n) is 3.80. The SMILES string of the molecule is COc1ccc(C[C@@H]2CCCN2C(=O)C(F)(F)F)cc1OC. The normalized spacial score (nSPS) is 18.4. The predicted molar refractivity (Wildman–Crippen MR) is 74.0 cm³/mol. The standard InChI is InChI=1S/C15H18F3NO3/c1-21-12-6-5-10(9-13(12)22-2)8-11-4-3-7-19(11)14(20)15(16,17)18/h5-6,9,11H,3-4,7-8H2,1-2H3/t11-/m0/s1. The number of carbonyl (C=O) groups is 1. The minimum atomic E-state index is -4.82. The first-order chi connectivity index (χ1) is 10.4. The summed E-state index contributed by atoms with van der Waals surface area (Å²) >= 11 is 0. The van der Waals surface area contributed by atoms with Crippen molar-refractivity contribution in [1.82, 2.24) is 4.90 Å². The van der Waals surface area contributed by atoms with E-state index < -0.39 is 18.1 Å². The van der Waals surface area contributed by atoms with Gasteiger partial charge in [0.25, 0.3) is 0 Å². The van der Waals surface area contributed by atoms with Gasteiger partial charge in [0.15, 0.2) is 11.5 Å². The van der Waals surface area contributed by atoms with Crippen LogP contribution in [-0.4, -0.2) is 43.8 Å². The molecule has 2 rings (SSSR count). The lowest BCUT2D eigenvalue weighted by atomic mass is 10.0. The number of hydrogen-bond donors (Lipinski definition) is 0. The van der Waals surface area contributed by atoms with Crippen molar-refractivity contribution in [1.29, 1.82) is 0 Å². The summed E-state index contributed by atoms with van der Waals surface area (Å²) in [4.78, 5) is 12.4. The van der Waals surface area contributed by atoms with Gasteiger partial charge in [0, 0.05) is 12.6 Å². The number of amides is 1. The Morgan fingerprint density at radius 2 is 1.95 bits per heavy atom. The summed E-state index contributed by atoms with van der Waals surface area (Å²) in [5, 5.41) is 0. The molecule has 0 saturated carbocycles. The molecule has 1 atom stereocenters. The van der Waals surface area contributed by atoms with Crippen molar-refractivity contribution in [3.63, 3.8) is 0 Å². The Balaban J connectivity index is 2.14. The highest BCUT2D eigenvalue weighted by molar-refractivity contribution is 5.82. The molecule has 22 heavy (non-hydrogen) atoms. The molecule has 0 bridgehead atoms. The second-order valence-electron chi connectivity index (χ2n) is 5.19. The molecule has 1 aromatic rings. The van der Waals surface area contributed by atoms with Gasteiger partial charge < -0.3 is 14.4 Å². The summed E-state index contributed by atoms with van der Waals surface area (Å²) in [6.07, 6.45) is -3.31. The van der Waals surface area contributed by atoms with Gasteiger partial charge in [-0.05, 0) is 37.0 Å². The second-order valence-corrected chi connectivity index (χ2v) is 5.19. The zero-order valence-corrected chi connectivity index (χ0v) is 12.4. The molecule has 0 N–H and O–H groups in total. The van der Waals surface area contributed by atoms with Gasteiger partial charge in [-0.2, -0.15) is 13.2 Å². The second kappa shape index (κ2) is 6.46. The van der Waals surface area contributed by atoms with Crippen LogP contribution in [0.2, 0.25) is 0 Å². The lowest BCUT2D eigenvalue weighted by molar-refractivity contribution is -0.186. The van der Waals surface area contributed by atoms with Crippen LogP contribution in [-0.2, 0) is 11.2 Å². The number of nitrogens with zero attached hydrogens (tertiary/aromatic N) is 1. The number of hydrogen-bond acceptors (Lipinski definition) is 3. The van der Waals surface area contributed by atoms with E-state index in [2.05, 4.69) is 0 Å². The number of methoxy groups -OCH3 is 2. The van der Waals surface area contributed by atoms with Crippen LogP contribution in [0.5, 0.6) is 11.5 Å². The van der Waals surface area contributed by atoms with Crippen LogP contribution in [0.3, 0.4) is 0 Å². The fourth-order valence-corrected chi connectivity index (χ4v) is 2.76. The molecule has 1 aliphatic heterocycles. The molecule has 1 saturated heterocycles. The number of rotatable bonds is 4. The minimum absolute atomic E-state index is 0.149. The Labute approximate surface area is 126 Å². The zero-order valence-electron chi connectivity index (χ0n) is 12.4. The van der Waals surface area contributed by atoms with Crippen molar-refractivity contribution in [2.24, 2.45) is 0 Å². The molecule has 7 heteroatoms. The van der Waals surface area contributed by atoms with E-state index in [-0.39, 0.29) is 6.54 Å². The molecule has 0 unspecified atom stereocenters. The van der Waals surface area contributed by atoms with Gasteiger partial charge in [0.2, 0.25) is 0 Å². The Hall–Kier alpha value is -1.92. The summed E-state index contributed by atoms with van der Waals surface area (Å²) in [5.74, 6) is -0.678. The number of halogens is 3. The molecular weight excluding hydrogens is 299 g/mol. The van der Waals surface area contributed by atoms with Crippen molar-refractivity contribution in [3.8, 4) is 11.5 Å². The Kier molecular flexibility index (Phi) is 4.83. The van der Waals surface area contributed by atoms with Crippen LogP contribution in [0.25, 0.3) is 0 Å². The lowest BCUT2D eigenvalue weighted by Gasteiger charge is -2.25. The summed E-state index contributed by atoms with van der Waals surface area (Å²) in [6, 6.07) is 4.77. The molecule has 0 aromatic heterocycles. The molecule has 0 spiro atoms. The summed E-state index contributed by atoms with van der Waals surface area (Å²) in [5.41, 5.74) is 0.810. The van der Waals surface area contributed by atoms with Crippen LogP contribution in [0.15, 0.2) is 18.2 Å². The zero-order chi connectivity index (χ0) is 16.3. The molecule has 1 amide bonds. The van der Waals surface area contributed by atoms with E-state index in [1.807, 2.05) is 0 Å². The molecule has 1 fully saturated rings. The highest BCUT2D eigenvalue weighted by Gasteiger charge is 2.45. The molecule has 4 nitrogen and oxygen atoms in total. The Morgan fingerprint density at radius 3 is 2.55 bits per heavy atom. The van der Waals surface area contributed by atoms with Crippen molar-refractivity contribution < 1.29 is 27.4 Å². The van der Waals surface area contributed by atoms with E-state index in [0.717, 1.165) is 10.5 Å². The maximum absolute atomic E-state index is 12.6. The maximum atomic E-state index is 12.6. The van der Waals surface area contributed by atoms with E-state index in [9.17, 15) is 18.0 Å². The first-order valence-corrected chi connectivity index (χ1v) is 6.95. The first-order valence-electron chi connectivity index (χ1n) is 6.95. The third kappa shape index (κ3) is 3.45. The van der Waals surface area contributed by atoms with E-state index in [1.54, 1.807) is 18.2 Å². The number of carbonyl (C=O) groups excluding carboxylic acids is 1. The van der Waals surface area contributed by atoms with Crippen LogP contribution in [0.1, 0.15) is 18.4 Å². The van der Waals surface area contributed by atoms with Gasteiger partial charge in [-0.1, -0.05) is 6.07 Å². The Bertz CT molecular complexity index is 545. The Morgan fingerprint density at radius 1 is 1.27 bits per heavy atom. The predicted octanol–water partition coefficient (Wildman–Crippen LogP) is 2.80. The van der Waals surface area contributed by atoms with Crippen molar-refractivity contribution >= 4 is 5.91 Å². The highest BCUT2D eigenvalue weighted by Crippen LogP contribution is 2.31. The molecule has 0 radical (unpaired) electrons.